The molecule has 1 aromatic rings. The normalized spacial score (nSPS) is 12.2. The number of halogens is 2. The first kappa shape index (κ1) is 9.85. The molecular weight excluding hydrogens is 284 g/mol. The minimum Gasteiger partial charge on any atom is -0.314 e. The van der Waals surface area contributed by atoms with Crippen LogP contribution in [-0.4, -0.2) is 0 Å². The molecular formula is C9H7ClIN. The molecule has 0 aliphatic heterocycles. The maximum Gasteiger partial charge on any atom is 0.0929 e. The Morgan fingerprint density at radius 2 is 2.25 bits per heavy atom. The Morgan fingerprint density at radius 3 is 2.83 bits per heavy atom. The molecule has 0 spiro atoms. The van der Waals surface area contributed by atoms with Crippen LogP contribution in [0.25, 0.3) is 0 Å². The fraction of sp³-hybridized carbons (Fsp3) is 0.111. The molecule has 0 bridgehead atoms. The van der Waals surface area contributed by atoms with Crippen LogP contribution < -0.4 is 5.73 Å². The second kappa shape index (κ2) is 4.13. The van der Waals surface area contributed by atoms with Crippen LogP contribution in [0.2, 0.25) is 5.02 Å². The second-order valence-corrected chi connectivity index (χ2v) is 3.91. The van der Waals surface area contributed by atoms with Gasteiger partial charge in [0.25, 0.3) is 0 Å². The average Bonchev–Trinajstić information content (AvgIpc) is 2.08. The van der Waals surface area contributed by atoms with E-state index in [1.165, 1.54) is 0 Å². The lowest BCUT2D eigenvalue weighted by atomic mass is 10.1. The summed E-state index contributed by atoms with van der Waals surface area (Å²) >= 11 is 7.97. The van der Waals surface area contributed by atoms with Crippen molar-refractivity contribution in [3.05, 3.63) is 32.4 Å². The van der Waals surface area contributed by atoms with Crippen molar-refractivity contribution in [1.29, 1.82) is 0 Å². The van der Waals surface area contributed by atoms with Gasteiger partial charge in [-0.1, -0.05) is 17.5 Å². The number of rotatable bonds is 1. The summed E-state index contributed by atoms with van der Waals surface area (Å²) in [5.41, 5.74) is 6.57. The SMILES string of the molecule is C#CC(N)c1cc(Cl)ccc1I. The van der Waals surface area contributed by atoms with E-state index in [9.17, 15) is 0 Å². The number of terminal acetylenes is 1. The lowest BCUT2D eigenvalue weighted by molar-refractivity contribution is 0.938. The van der Waals surface area contributed by atoms with Gasteiger partial charge in [0.05, 0.1) is 6.04 Å². The van der Waals surface area contributed by atoms with Crippen LogP contribution in [0, 0.1) is 15.9 Å². The smallest absolute Gasteiger partial charge is 0.0929 e. The van der Waals surface area contributed by atoms with E-state index in [-0.39, 0.29) is 6.04 Å². The number of benzene rings is 1. The van der Waals surface area contributed by atoms with Crippen LogP contribution in [-0.2, 0) is 0 Å². The molecule has 1 unspecified atom stereocenters. The van der Waals surface area contributed by atoms with Crippen LogP contribution in [0.3, 0.4) is 0 Å². The summed E-state index contributed by atoms with van der Waals surface area (Å²) in [5.74, 6) is 2.46. The molecule has 0 saturated carbocycles. The standard InChI is InChI=1S/C9H7ClIN/c1-2-9(12)7-5-6(10)3-4-8(7)11/h1,3-5,9H,12H2. The molecule has 3 heteroatoms. The summed E-state index contributed by atoms with van der Waals surface area (Å²) in [6, 6.07) is 5.15. The Hall–Kier alpha value is -0.240. The van der Waals surface area contributed by atoms with Crippen molar-refractivity contribution in [3.63, 3.8) is 0 Å². The van der Waals surface area contributed by atoms with Crippen molar-refractivity contribution in [2.24, 2.45) is 5.73 Å². The summed E-state index contributed by atoms with van der Waals surface area (Å²) in [5, 5.41) is 0.663. The van der Waals surface area contributed by atoms with E-state index in [2.05, 4.69) is 28.5 Å². The van der Waals surface area contributed by atoms with Crippen LogP contribution in [0.1, 0.15) is 11.6 Å². The van der Waals surface area contributed by atoms with Gasteiger partial charge in [-0.25, -0.2) is 0 Å². The van der Waals surface area contributed by atoms with Crippen LogP contribution in [0.4, 0.5) is 0 Å². The highest BCUT2D eigenvalue weighted by Crippen LogP contribution is 2.21. The third-order valence-corrected chi connectivity index (χ3v) is 2.69. The molecule has 0 fully saturated rings. The molecule has 1 aromatic carbocycles. The van der Waals surface area contributed by atoms with Gasteiger partial charge in [-0.2, -0.15) is 0 Å². The molecule has 0 aromatic heterocycles. The molecule has 0 radical (unpaired) electrons. The Kier molecular flexibility index (Phi) is 3.39. The lowest BCUT2D eigenvalue weighted by Crippen LogP contribution is -2.08. The molecule has 1 atom stereocenters. The van der Waals surface area contributed by atoms with Gasteiger partial charge in [0.15, 0.2) is 0 Å². The molecule has 2 N–H and O–H groups in total. The predicted molar refractivity (Wildman–Crippen MR) is 59.9 cm³/mol. The molecule has 0 amide bonds. The first-order chi connectivity index (χ1) is 5.65. The minimum atomic E-state index is -0.365. The summed E-state index contributed by atoms with van der Waals surface area (Å²) in [6.45, 7) is 0. The van der Waals surface area contributed by atoms with Gasteiger partial charge in [-0.15, -0.1) is 6.42 Å². The number of nitrogens with two attached hydrogens (primary N) is 1. The van der Waals surface area contributed by atoms with Gasteiger partial charge in [0.2, 0.25) is 0 Å². The Bertz CT molecular complexity index is 330. The van der Waals surface area contributed by atoms with Gasteiger partial charge in [-0.3, -0.25) is 0 Å². The fourth-order valence-electron chi connectivity index (χ4n) is 0.843. The summed E-state index contributed by atoms with van der Waals surface area (Å²) in [6.07, 6.45) is 5.20. The topological polar surface area (TPSA) is 26.0 Å². The molecule has 0 saturated heterocycles. The van der Waals surface area contributed by atoms with Crippen LogP contribution in [0.15, 0.2) is 18.2 Å². The van der Waals surface area contributed by atoms with Crippen LogP contribution >= 0.6 is 34.2 Å². The summed E-state index contributed by atoms with van der Waals surface area (Å²) in [7, 11) is 0. The Balaban J connectivity index is 3.15. The molecule has 0 aliphatic rings. The Labute approximate surface area is 90.4 Å². The lowest BCUT2D eigenvalue weighted by Gasteiger charge is -2.07. The van der Waals surface area contributed by atoms with E-state index in [4.69, 9.17) is 23.8 Å². The fourth-order valence-corrected chi connectivity index (χ4v) is 1.69. The van der Waals surface area contributed by atoms with Gasteiger partial charge in [-0.05, 0) is 46.4 Å². The third kappa shape index (κ3) is 2.13. The van der Waals surface area contributed by atoms with Gasteiger partial charge in [0.1, 0.15) is 0 Å². The van der Waals surface area contributed by atoms with Gasteiger partial charge < -0.3 is 5.73 Å². The molecule has 1 nitrogen and oxygen atoms in total. The zero-order valence-corrected chi connectivity index (χ0v) is 9.13. The van der Waals surface area contributed by atoms with Gasteiger partial charge >= 0.3 is 0 Å². The average molecular weight is 292 g/mol. The Morgan fingerprint density at radius 1 is 1.58 bits per heavy atom. The van der Waals surface area contributed by atoms with E-state index in [1.807, 2.05) is 12.1 Å². The van der Waals surface area contributed by atoms with Crippen molar-refractivity contribution in [3.8, 4) is 12.3 Å². The second-order valence-electron chi connectivity index (χ2n) is 2.31. The van der Waals surface area contributed by atoms with E-state index in [0.717, 1.165) is 9.13 Å². The van der Waals surface area contributed by atoms with Crippen molar-refractivity contribution >= 4 is 34.2 Å². The van der Waals surface area contributed by atoms with E-state index >= 15 is 0 Å². The van der Waals surface area contributed by atoms with Crippen molar-refractivity contribution < 1.29 is 0 Å². The quantitative estimate of drug-likeness (QED) is 0.624. The molecule has 0 heterocycles. The summed E-state index contributed by atoms with van der Waals surface area (Å²) < 4.78 is 1.04. The van der Waals surface area contributed by atoms with Crippen LogP contribution in [0.5, 0.6) is 0 Å². The molecule has 0 aliphatic carbocycles. The van der Waals surface area contributed by atoms with Crippen molar-refractivity contribution in [1.82, 2.24) is 0 Å². The maximum atomic E-state index is 5.79. The highest BCUT2D eigenvalue weighted by atomic mass is 127. The van der Waals surface area contributed by atoms with E-state index in [1.54, 1.807) is 6.07 Å². The minimum absolute atomic E-state index is 0.365. The van der Waals surface area contributed by atoms with Gasteiger partial charge in [0, 0.05) is 8.59 Å². The zero-order chi connectivity index (χ0) is 9.14. The first-order valence-electron chi connectivity index (χ1n) is 3.32. The molecule has 12 heavy (non-hydrogen) atoms. The molecule has 62 valence electrons. The zero-order valence-electron chi connectivity index (χ0n) is 6.22. The third-order valence-electron chi connectivity index (χ3n) is 1.47. The highest BCUT2D eigenvalue weighted by molar-refractivity contribution is 14.1. The predicted octanol–water partition coefficient (Wildman–Crippen LogP) is 2.58. The monoisotopic (exact) mass is 291 g/mol. The number of hydrogen-bond donors (Lipinski definition) is 1. The molecule has 1 rings (SSSR count). The summed E-state index contributed by atoms with van der Waals surface area (Å²) in [4.78, 5) is 0. The van der Waals surface area contributed by atoms with Crippen molar-refractivity contribution in [2.45, 2.75) is 6.04 Å². The highest BCUT2D eigenvalue weighted by Gasteiger charge is 2.06. The first-order valence-corrected chi connectivity index (χ1v) is 4.77. The van der Waals surface area contributed by atoms with E-state index < -0.39 is 0 Å². The van der Waals surface area contributed by atoms with Crippen molar-refractivity contribution in [2.75, 3.05) is 0 Å². The van der Waals surface area contributed by atoms with E-state index in [0.29, 0.717) is 5.02 Å². The maximum absolute atomic E-state index is 5.79. The largest absolute Gasteiger partial charge is 0.314 e. The number of hydrogen-bond acceptors (Lipinski definition) is 1.